The first kappa shape index (κ1) is 22.1. The van der Waals surface area contributed by atoms with Crippen LogP contribution in [0, 0.1) is 0 Å². The Morgan fingerprint density at radius 2 is 1.80 bits per heavy atom. The molecule has 1 N–H and O–H groups in total. The van der Waals surface area contributed by atoms with Crippen LogP contribution in [0.2, 0.25) is 0 Å². The Labute approximate surface area is 209 Å². The normalized spacial score (nSPS) is 12.9. The first-order valence-electron chi connectivity index (χ1n) is 11.6. The second kappa shape index (κ2) is 9.31. The number of aryl methyl sites for hydroxylation is 2. The standard InChI is InChI=1S/C26H23N5O2S2/c32-21(27-15-14-17-8-3-1-4-9-17)16-34-26-29-28-25-30(18-10-5-2-6-11-18)23(33)22-19-12-7-13-20(19)35-24(22)31(25)26/h1-6,8-11H,7,12-16H2,(H,27,32). The molecule has 35 heavy (non-hydrogen) atoms. The molecule has 7 nitrogen and oxygen atoms in total. The van der Waals surface area contributed by atoms with E-state index in [1.807, 2.05) is 52.9 Å². The van der Waals surface area contributed by atoms with Crippen LogP contribution in [0.1, 0.15) is 22.4 Å². The molecule has 3 aromatic heterocycles. The summed E-state index contributed by atoms with van der Waals surface area (Å²) in [5, 5.41) is 13.2. The van der Waals surface area contributed by atoms with Crippen molar-refractivity contribution in [2.24, 2.45) is 0 Å². The van der Waals surface area contributed by atoms with Crippen molar-refractivity contribution in [1.82, 2.24) is 24.5 Å². The molecule has 1 amide bonds. The van der Waals surface area contributed by atoms with E-state index in [1.54, 1.807) is 15.9 Å². The van der Waals surface area contributed by atoms with Crippen LogP contribution in [-0.2, 0) is 24.1 Å². The topological polar surface area (TPSA) is 81.3 Å². The Bertz CT molecular complexity index is 1590. The first-order valence-corrected chi connectivity index (χ1v) is 13.4. The van der Waals surface area contributed by atoms with Crippen molar-refractivity contribution in [3.63, 3.8) is 0 Å². The smallest absolute Gasteiger partial charge is 0.268 e. The molecule has 0 aliphatic heterocycles. The van der Waals surface area contributed by atoms with E-state index in [4.69, 9.17) is 0 Å². The molecule has 5 aromatic rings. The fraction of sp³-hybridized carbons (Fsp3) is 0.231. The minimum atomic E-state index is -0.0549. The number of thiophene rings is 1. The number of para-hydroxylation sites is 1. The van der Waals surface area contributed by atoms with Crippen LogP contribution in [-0.4, -0.2) is 37.4 Å². The molecule has 9 heteroatoms. The summed E-state index contributed by atoms with van der Waals surface area (Å²) in [6, 6.07) is 19.6. The molecule has 0 saturated heterocycles. The second-order valence-electron chi connectivity index (χ2n) is 8.51. The van der Waals surface area contributed by atoms with Gasteiger partial charge in [-0.3, -0.25) is 9.59 Å². The molecule has 0 unspecified atom stereocenters. The number of thioether (sulfide) groups is 1. The summed E-state index contributed by atoms with van der Waals surface area (Å²) >= 11 is 3.00. The third-order valence-corrected chi connectivity index (χ3v) is 8.47. The van der Waals surface area contributed by atoms with Gasteiger partial charge in [0.2, 0.25) is 11.7 Å². The molecule has 0 spiro atoms. The summed E-state index contributed by atoms with van der Waals surface area (Å²) in [5.41, 5.74) is 3.05. The van der Waals surface area contributed by atoms with E-state index < -0.39 is 0 Å². The van der Waals surface area contributed by atoms with E-state index in [-0.39, 0.29) is 17.2 Å². The number of benzene rings is 2. The van der Waals surface area contributed by atoms with Crippen molar-refractivity contribution >= 4 is 45.0 Å². The highest BCUT2D eigenvalue weighted by molar-refractivity contribution is 7.99. The van der Waals surface area contributed by atoms with Crippen LogP contribution >= 0.6 is 23.1 Å². The average molecular weight is 502 g/mol. The molecule has 3 heterocycles. The van der Waals surface area contributed by atoms with Gasteiger partial charge in [-0.15, -0.1) is 21.5 Å². The minimum absolute atomic E-state index is 0.0519. The van der Waals surface area contributed by atoms with E-state index in [9.17, 15) is 9.59 Å². The van der Waals surface area contributed by atoms with Crippen LogP contribution in [0.4, 0.5) is 0 Å². The Kier molecular flexibility index (Phi) is 5.87. The molecule has 0 saturated carbocycles. The Morgan fingerprint density at radius 3 is 2.60 bits per heavy atom. The fourth-order valence-electron chi connectivity index (χ4n) is 4.63. The van der Waals surface area contributed by atoms with Gasteiger partial charge in [-0.1, -0.05) is 60.3 Å². The highest BCUT2D eigenvalue weighted by Gasteiger charge is 2.26. The lowest BCUT2D eigenvalue weighted by molar-refractivity contribution is -0.118. The number of carbonyl (C=O) groups is 1. The molecular weight excluding hydrogens is 478 g/mol. The van der Waals surface area contributed by atoms with Gasteiger partial charge in [0.05, 0.1) is 16.8 Å². The number of nitrogens with one attached hydrogen (secondary N) is 1. The summed E-state index contributed by atoms with van der Waals surface area (Å²) in [5.74, 6) is 0.650. The molecule has 1 aliphatic rings. The summed E-state index contributed by atoms with van der Waals surface area (Å²) in [4.78, 5) is 28.4. The summed E-state index contributed by atoms with van der Waals surface area (Å²) in [6.07, 6.45) is 3.78. The summed E-state index contributed by atoms with van der Waals surface area (Å²) < 4.78 is 3.60. The Morgan fingerprint density at radius 1 is 1.03 bits per heavy atom. The number of fused-ring (bicyclic) bond motifs is 5. The van der Waals surface area contributed by atoms with Crippen molar-refractivity contribution < 1.29 is 4.79 Å². The number of amides is 1. The van der Waals surface area contributed by atoms with Gasteiger partial charge in [-0.2, -0.15) is 0 Å². The van der Waals surface area contributed by atoms with Gasteiger partial charge in [0, 0.05) is 11.4 Å². The molecule has 0 radical (unpaired) electrons. The van der Waals surface area contributed by atoms with Crippen LogP contribution in [0.25, 0.3) is 21.7 Å². The van der Waals surface area contributed by atoms with Gasteiger partial charge in [-0.05, 0) is 48.9 Å². The number of hydrogen-bond acceptors (Lipinski definition) is 6. The van der Waals surface area contributed by atoms with E-state index in [0.717, 1.165) is 47.2 Å². The molecule has 0 bridgehead atoms. The van der Waals surface area contributed by atoms with Crippen LogP contribution in [0.15, 0.2) is 70.6 Å². The number of rotatable bonds is 7. The summed E-state index contributed by atoms with van der Waals surface area (Å²) in [7, 11) is 0. The number of nitrogens with zero attached hydrogens (tertiary/aromatic N) is 4. The second-order valence-corrected chi connectivity index (χ2v) is 10.5. The van der Waals surface area contributed by atoms with E-state index in [1.165, 1.54) is 22.2 Å². The molecule has 0 atom stereocenters. The monoisotopic (exact) mass is 501 g/mol. The van der Waals surface area contributed by atoms with Gasteiger partial charge in [0.1, 0.15) is 4.83 Å². The average Bonchev–Trinajstić information content (AvgIpc) is 3.59. The van der Waals surface area contributed by atoms with Crippen LogP contribution in [0.3, 0.4) is 0 Å². The van der Waals surface area contributed by atoms with Crippen LogP contribution < -0.4 is 10.9 Å². The van der Waals surface area contributed by atoms with Gasteiger partial charge in [-0.25, -0.2) is 8.97 Å². The van der Waals surface area contributed by atoms with E-state index >= 15 is 0 Å². The summed E-state index contributed by atoms with van der Waals surface area (Å²) in [6.45, 7) is 0.583. The predicted molar refractivity (Wildman–Crippen MR) is 140 cm³/mol. The number of aromatic nitrogens is 4. The van der Waals surface area contributed by atoms with Gasteiger partial charge >= 0.3 is 0 Å². The molecule has 6 rings (SSSR count). The third kappa shape index (κ3) is 4.04. The van der Waals surface area contributed by atoms with E-state index in [2.05, 4.69) is 27.6 Å². The van der Waals surface area contributed by atoms with Crippen molar-refractivity contribution in [2.75, 3.05) is 12.3 Å². The largest absolute Gasteiger partial charge is 0.355 e. The SMILES string of the molecule is O=C(CSc1nnc2n(-c3ccccc3)c(=O)c3c4c(sc3n12)CCC4)NCCc1ccccc1. The van der Waals surface area contributed by atoms with Crippen molar-refractivity contribution in [3.8, 4) is 5.69 Å². The zero-order valence-corrected chi connectivity index (χ0v) is 20.6. The highest BCUT2D eigenvalue weighted by Crippen LogP contribution is 2.37. The molecule has 1 aliphatic carbocycles. The maximum Gasteiger partial charge on any atom is 0.268 e. The first-order chi connectivity index (χ1) is 17.2. The minimum Gasteiger partial charge on any atom is -0.355 e. The fourth-order valence-corrected chi connectivity index (χ4v) is 6.83. The lowest BCUT2D eigenvalue weighted by Gasteiger charge is -2.10. The van der Waals surface area contributed by atoms with Crippen molar-refractivity contribution in [2.45, 2.75) is 30.8 Å². The van der Waals surface area contributed by atoms with Gasteiger partial charge in [0.15, 0.2) is 5.16 Å². The van der Waals surface area contributed by atoms with Crippen LogP contribution in [0.5, 0.6) is 0 Å². The van der Waals surface area contributed by atoms with Gasteiger partial charge < -0.3 is 5.32 Å². The third-order valence-electron chi connectivity index (χ3n) is 6.26. The number of carbonyl (C=O) groups excluding carboxylic acids is 1. The lowest BCUT2D eigenvalue weighted by atomic mass is 10.1. The predicted octanol–water partition coefficient (Wildman–Crippen LogP) is 4.03. The maximum absolute atomic E-state index is 13.7. The quantitative estimate of drug-likeness (QED) is 0.341. The Hall–Kier alpha value is -3.43. The Balaban J connectivity index is 1.32. The molecule has 2 aromatic carbocycles. The zero-order valence-electron chi connectivity index (χ0n) is 18.9. The van der Waals surface area contributed by atoms with E-state index in [0.29, 0.717) is 17.5 Å². The molecule has 0 fully saturated rings. The maximum atomic E-state index is 13.7. The molecule has 176 valence electrons. The number of hydrogen-bond donors (Lipinski definition) is 1. The lowest BCUT2D eigenvalue weighted by Crippen LogP contribution is -2.27. The van der Waals surface area contributed by atoms with Crippen molar-refractivity contribution in [3.05, 3.63) is 87.0 Å². The zero-order chi connectivity index (χ0) is 23.8. The van der Waals surface area contributed by atoms with Gasteiger partial charge in [0.25, 0.3) is 5.56 Å². The molecular formula is C26H23N5O2S2. The highest BCUT2D eigenvalue weighted by atomic mass is 32.2. The van der Waals surface area contributed by atoms with Crippen molar-refractivity contribution in [1.29, 1.82) is 0 Å².